The van der Waals surface area contributed by atoms with Crippen LogP contribution in [0.2, 0.25) is 0 Å². The highest BCUT2D eigenvalue weighted by Crippen LogP contribution is 2.32. The lowest BCUT2D eigenvalue weighted by Gasteiger charge is -2.18. The topological polar surface area (TPSA) is 37.3 Å². The molecule has 2 nitrogen and oxygen atoms in total. The van der Waals surface area contributed by atoms with Crippen LogP contribution in [0.3, 0.4) is 0 Å². The van der Waals surface area contributed by atoms with Gasteiger partial charge >= 0.3 is 12.1 Å². The van der Waals surface area contributed by atoms with Gasteiger partial charge in [0.25, 0.3) is 0 Å². The first-order chi connectivity index (χ1) is 7.73. The SMILES string of the molecule is CC(C)[C@H](C(=O)O)c1cccc(C(F)(F)F)c1. The maximum atomic E-state index is 12.5. The maximum Gasteiger partial charge on any atom is 0.416 e. The minimum atomic E-state index is -4.45. The second-order valence-electron chi connectivity index (χ2n) is 4.18. The highest BCUT2D eigenvalue weighted by Gasteiger charge is 2.32. The Bertz CT molecular complexity index is 410. The molecule has 0 spiro atoms. The van der Waals surface area contributed by atoms with Crippen LogP contribution in [-0.4, -0.2) is 11.1 Å². The Kier molecular flexibility index (Phi) is 3.80. The van der Waals surface area contributed by atoms with Crippen LogP contribution in [0.15, 0.2) is 24.3 Å². The Labute approximate surface area is 97.1 Å². The third-order valence-electron chi connectivity index (χ3n) is 2.51. The quantitative estimate of drug-likeness (QED) is 0.885. The summed E-state index contributed by atoms with van der Waals surface area (Å²) in [6.07, 6.45) is -4.45. The summed E-state index contributed by atoms with van der Waals surface area (Å²) in [6.45, 7) is 3.33. The second-order valence-corrected chi connectivity index (χ2v) is 4.18. The Morgan fingerprint density at radius 1 is 1.29 bits per heavy atom. The third-order valence-corrected chi connectivity index (χ3v) is 2.51. The number of benzene rings is 1. The van der Waals surface area contributed by atoms with Crippen molar-refractivity contribution in [3.05, 3.63) is 35.4 Å². The number of alkyl halides is 3. The number of hydrogen-bond acceptors (Lipinski definition) is 1. The molecular formula is C12H13F3O2. The first-order valence-corrected chi connectivity index (χ1v) is 5.13. The van der Waals surface area contributed by atoms with E-state index in [1.807, 2.05) is 0 Å². The first kappa shape index (κ1) is 13.5. The molecule has 0 fully saturated rings. The minimum absolute atomic E-state index is 0.183. The zero-order valence-corrected chi connectivity index (χ0v) is 9.45. The van der Waals surface area contributed by atoms with Gasteiger partial charge in [-0.2, -0.15) is 13.2 Å². The highest BCUT2D eigenvalue weighted by atomic mass is 19.4. The minimum Gasteiger partial charge on any atom is -0.481 e. The third kappa shape index (κ3) is 3.22. The van der Waals surface area contributed by atoms with Gasteiger partial charge < -0.3 is 5.11 Å². The van der Waals surface area contributed by atoms with Crippen LogP contribution in [0.4, 0.5) is 13.2 Å². The van der Waals surface area contributed by atoms with E-state index in [0.717, 1.165) is 12.1 Å². The van der Waals surface area contributed by atoms with Crippen LogP contribution in [-0.2, 0) is 11.0 Å². The molecule has 1 aromatic carbocycles. The lowest BCUT2D eigenvalue weighted by molar-refractivity contribution is -0.141. The molecule has 0 aliphatic carbocycles. The smallest absolute Gasteiger partial charge is 0.416 e. The summed E-state index contributed by atoms with van der Waals surface area (Å²) in [4.78, 5) is 11.0. The maximum absolute atomic E-state index is 12.5. The van der Waals surface area contributed by atoms with E-state index in [9.17, 15) is 18.0 Å². The van der Waals surface area contributed by atoms with E-state index in [2.05, 4.69) is 0 Å². The van der Waals surface area contributed by atoms with Gasteiger partial charge in [-0.25, -0.2) is 0 Å². The molecule has 0 aliphatic rings. The van der Waals surface area contributed by atoms with Crippen LogP contribution in [0.5, 0.6) is 0 Å². The second kappa shape index (κ2) is 4.77. The van der Waals surface area contributed by atoms with Crippen molar-refractivity contribution in [2.75, 3.05) is 0 Å². The Morgan fingerprint density at radius 2 is 1.88 bits per heavy atom. The van der Waals surface area contributed by atoms with E-state index in [0.29, 0.717) is 0 Å². The van der Waals surface area contributed by atoms with E-state index in [4.69, 9.17) is 5.11 Å². The van der Waals surface area contributed by atoms with E-state index in [1.54, 1.807) is 13.8 Å². The molecule has 5 heteroatoms. The van der Waals surface area contributed by atoms with Crippen molar-refractivity contribution in [3.8, 4) is 0 Å². The Morgan fingerprint density at radius 3 is 2.29 bits per heavy atom. The van der Waals surface area contributed by atoms with Crippen LogP contribution in [0.1, 0.15) is 30.9 Å². The summed E-state index contributed by atoms with van der Waals surface area (Å²) in [5.41, 5.74) is -0.635. The molecule has 0 aliphatic heterocycles. The standard InChI is InChI=1S/C12H13F3O2/c1-7(2)10(11(16)17)8-4-3-5-9(6-8)12(13,14)15/h3-7,10H,1-2H3,(H,16,17)/t10-/m0/s1. The number of halogens is 3. The first-order valence-electron chi connectivity index (χ1n) is 5.13. The van der Waals surface area contributed by atoms with Crippen molar-refractivity contribution in [1.29, 1.82) is 0 Å². The normalized spacial score (nSPS) is 13.8. The molecule has 1 atom stereocenters. The summed E-state index contributed by atoms with van der Waals surface area (Å²) in [6, 6.07) is 4.48. The number of aliphatic carboxylic acids is 1. The highest BCUT2D eigenvalue weighted by molar-refractivity contribution is 5.76. The van der Waals surface area contributed by atoms with Crippen LogP contribution in [0.25, 0.3) is 0 Å². The lowest BCUT2D eigenvalue weighted by atomic mass is 9.88. The zero-order chi connectivity index (χ0) is 13.2. The van der Waals surface area contributed by atoms with Crippen LogP contribution in [0, 0.1) is 5.92 Å². The van der Waals surface area contributed by atoms with Crippen molar-refractivity contribution < 1.29 is 23.1 Å². The van der Waals surface area contributed by atoms with E-state index in [-0.39, 0.29) is 11.5 Å². The van der Waals surface area contributed by atoms with Crippen molar-refractivity contribution in [2.45, 2.75) is 25.9 Å². The fraction of sp³-hybridized carbons (Fsp3) is 0.417. The molecule has 0 radical (unpaired) electrons. The number of rotatable bonds is 3. The molecule has 94 valence electrons. The lowest BCUT2D eigenvalue weighted by Crippen LogP contribution is -2.18. The predicted molar refractivity (Wildman–Crippen MR) is 56.7 cm³/mol. The predicted octanol–water partition coefficient (Wildman–Crippen LogP) is 3.53. The molecule has 0 aromatic heterocycles. The van der Waals surface area contributed by atoms with Crippen molar-refractivity contribution in [3.63, 3.8) is 0 Å². The summed E-state index contributed by atoms with van der Waals surface area (Å²) < 4.78 is 37.5. The molecule has 17 heavy (non-hydrogen) atoms. The average Bonchev–Trinajstić information content (AvgIpc) is 2.15. The molecule has 0 heterocycles. The van der Waals surface area contributed by atoms with E-state index < -0.39 is 23.6 Å². The van der Waals surface area contributed by atoms with Crippen LogP contribution >= 0.6 is 0 Å². The monoisotopic (exact) mass is 246 g/mol. The van der Waals surface area contributed by atoms with Gasteiger partial charge in [-0.15, -0.1) is 0 Å². The molecule has 1 N–H and O–H groups in total. The van der Waals surface area contributed by atoms with Gasteiger partial charge in [0.15, 0.2) is 0 Å². The largest absolute Gasteiger partial charge is 0.481 e. The molecule has 1 rings (SSSR count). The molecular weight excluding hydrogens is 233 g/mol. The van der Waals surface area contributed by atoms with Gasteiger partial charge in [0.1, 0.15) is 0 Å². The molecule has 0 saturated carbocycles. The summed E-state index contributed by atoms with van der Waals surface area (Å²) in [5, 5.41) is 9.01. The van der Waals surface area contributed by atoms with Gasteiger partial charge in [0.2, 0.25) is 0 Å². The number of carbonyl (C=O) groups is 1. The van der Waals surface area contributed by atoms with Gasteiger partial charge in [-0.05, 0) is 17.5 Å². The molecule has 1 aromatic rings. The molecule has 0 amide bonds. The summed E-state index contributed by atoms with van der Waals surface area (Å²) in [5.74, 6) is -2.30. The zero-order valence-electron chi connectivity index (χ0n) is 9.45. The van der Waals surface area contributed by atoms with Gasteiger partial charge in [0, 0.05) is 0 Å². The van der Waals surface area contributed by atoms with E-state index >= 15 is 0 Å². The van der Waals surface area contributed by atoms with Crippen LogP contribution < -0.4 is 0 Å². The average molecular weight is 246 g/mol. The fourth-order valence-corrected chi connectivity index (χ4v) is 1.72. The van der Waals surface area contributed by atoms with Crippen molar-refractivity contribution >= 4 is 5.97 Å². The van der Waals surface area contributed by atoms with E-state index in [1.165, 1.54) is 12.1 Å². The molecule has 0 unspecified atom stereocenters. The Balaban J connectivity index is 3.18. The number of carboxylic acid groups (broad SMARTS) is 1. The van der Waals surface area contributed by atoms with Gasteiger partial charge in [-0.3, -0.25) is 4.79 Å². The van der Waals surface area contributed by atoms with Crippen molar-refractivity contribution in [2.24, 2.45) is 5.92 Å². The molecule has 0 saturated heterocycles. The Hall–Kier alpha value is -1.52. The van der Waals surface area contributed by atoms with Crippen molar-refractivity contribution in [1.82, 2.24) is 0 Å². The summed E-state index contributed by atoms with van der Waals surface area (Å²) >= 11 is 0. The number of hydrogen-bond donors (Lipinski definition) is 1. The molecule has 0 bridgehead atoms. The summed E-state index contributed by atoms with van der Waals surface area (Å²) in [7, 11) is 0. The van der Waals surface area contributed by atoms with Gasteiger partial charge in [-0.1, -0.05) is 32.0 Å². The number of carboxylic acids is 1. The van der Waals surface area contributed by atoms with Gasteiger partial charge in [0.05, 0.1) is 11.5 Å². The fourth-order valence-electron chi connectivity index (χ4n) is 1.72.